The van der Waals surface area contributed by atoms with Crippen LogP contribution in [0.5, 0.6) is 0 Å². The van der Waals surface area contributed by atoms with Crippen LogP contribution in [0.3, 0.4) is 0 Å². The molecule has 43 heavy (non-hydrogen) atoms. The molecule has 0 radical (unpaired) electrons. The SMILES string of the molecule is C.C.C.C.C.C.CC.CC.CC.CCC(C)(C)C(=O)OC.CCC(C)(C)c1ccccc1.CCC(C)(C)c1ccccc1. The lowest BCUT2D eigenvalue weighted by atomic mass is 9.82. The van der Waals surface area contributed by atoms with E-state index in [4.69, 9.17) is 0 Å². The predicted octanol–water partition coefficient (Wildman–Crippen LogP) is 15.2. The lowest BCUT2D eigenvalue weighted by molar-refractivity contribution is -0.150. The molecule has 0 unspecified atom stereocenters. The van der Waals surface area contributed by atoms with Crippen molar-refractivity contribution in [1.29, 1.82) is 0 Å². The lowest BCUT2D eigenvalue weighted by Crippen LogP contribution is -2.24. The normalized spacial score (nSPS) is 8.65. The molecule has 2 aromatic carbocycles. The van der Waals surface area contributed by atoms with Crippen LogP contribution >= 0.6 is 0 Å². The average Bonchev–Trinajstić information content (AvgIpc) is 2.97. The van der Waals surface area contributed by atoms with Gasteiger partial charge in [0, 0.05) is 0 Å². The molecule has 0 fully saturated rings. The van der Waals surface area contributed by atoms with Crippen molar-refractivity contribution < 1.29 is 9.53 Å². The second-order valence-electron chi connectivity index (χ2n) is 9.94. The summed E-state index contributed by atoms with van der Waals surface area (Å²) in [5.41, 5.74) is 3.22. The first kappa shape index (κ1) is 68.2. The maximum absolute atomic E-state index is 10.8. The minimum atomic E-state index is -0.311. The smallest absolute Gasteiger partial charge is 0.311 e. The van der Waals surface area contributed by atoms with E-state index in [1.165, 1.54) is 31.1 Å². The Kier molecular flexibility index (Phi) is 63.3. The number of rotatable bonds is 6. The molecule has 0 amide bonds. The van der Waals surface area contributed by atoms with Gasteiger partial charge in [0.1, 0.15) is 0 Å². The summed E-state index contributed by atoms with van der Waals surface area (Å²) in [5, 5.41) is 0. The number of ether oxygens (including phenoxy) is 1. The van der Waals surface area contributed by atoms with Gasteiger partial charge in [0.2, 0.25) is 0 Å². The number of benzene rings is 2. The summed E-state index contributed by atoms with van der Waals surface area (Å²) >= 11 is 0. The van der Waals surface area contributed by atoms with Crippen LogP contribution in [-0.4, -0.2) is 13.1 Å². The summed E-state index contributed by atoms with van der Waals surface area (Å²) in [5.74, 6) is -0.134. The van der Waals surface area contributed by atoms with Crippen LogP contribution in [-0.2, 0) is 20.4 Å². The zero-order valence-electron chi connectivity index (χ0n) is 27.7. The van der Waals surface area contributed by atoms with Gasteiger partial charge in [-0.3, -0.25) is 4.79 Å². The Labute approximate surface area is 277 Å². The molecule has 2 rings (SSSR count). The molecule has 264 valence electrons. The van der Waals surface area contributed by atoms with Crippen molar-refractivity contribution >= 4 is 5.97 Å². The van der Waals surface area contributed by atoms with Crippen molar-refractivity contribution in [2.24, 2.45) is 5.41 Å². The second kappa shape index (κ2) is 39.9. The third-order valence-corrected chi connectivity index (χ3v) is 6.50. The molecule has 0 N–H and O–H groups in total. The fourth-order valence-corrected chi connectivity index (χ4v) is 2.61. The molecule has 0 aromatic heterocycles. The van der Waals surface area contributed by atoms with Crippen LogP contribution in [0.4, 0.5) is 0 Å². The highest BCUT2D eigenvalue weighted by atomic mass is 16.5. The Morgan fingerprint density at radius 2 is 0.744 bits per heavy atom. The first-order valence-electron chi connectivity index (χ1n) is 14.6. The molecular weight excluding hydrogens is 524 g/mol. The molecule has 2 nitrogen and oxygen atoms in total. The summed E-state index contributed by atoms with van der Waals surface area (Å²) in [4.78, 5) is 10.8. The monoisotopic (exact) mass is 613 g/mol. The largest absolute Gasteiger partial charge is 0.469 e. The number of esters is 1. The van der Waals surface area contributed by atoms with E-state index in [-0.39, 0.29) is 55.9 Å². The molecule has 2 aromatic rings. The molecule has 0 aliphatic rings. The van der Waals surface area contributed by atoms with E-state index in [0.29, 0.717) is 10.8 Å². The highest BCUT2D eigenvalue weighted by Gasteiger charge is 2.25. The van der Waals surface area contributed by atoms with Crippen molar-refractivity contribution in [2.45, 2.75) is 179 Å². The Balaban J connectivity index is -0.0000000411. The van der Waals surface area contributed by atoms with Crippen LogP contribution in [0.15, 0.2) is 60.7 Å². The molecule has 0 spiro atoms. The lowest BCUT2D eigenvalue weighted by Gasteiger charge is -2.22. The highest BCUT2D eigenvalue weighted by molar-refractivity contribution is 5.75. The number of carbonyl (C=O) groups is 1. The summed E-state index contributed by atoms with van der Waals surface area (Å²) < 4.78 is 4.57. The molecule has 0 saturated carbocycles. The van der Waals surface area contributed by atoms with E-state index in [2.05, 4.69) is 107 Å². The predicted molar refractivity (Wildman–Crippen MR) is 210 cm³/mol. The summed E-state index contributed by atoms with van der Waals surface area (Å²) in [6.45, 7) is 31.3. The molecule has 2 heteroatoms. The Morgan fingerprint density at radius 1 is 0.512 bits per heavy atom. The molecular formula is C41H88O2. The number of hydrogen-bond acceptors (Lipinski definition) is 2. The van der Waals surface area contributed by atoms with Gasteiger partial charge in [-0.05, 0) is 55.1 Å². The van der Waals surface area contributed by atoms with Gasteiger partial charge < -0.3 is 4.74 Å². The van der Waals surface area contributed by atoms with Crippen LogP contribution in [0.2, 0.25) is 0 Å². The van der Waals surface area contributed by atoms with Gasteiger partial charge in [0.05, 0.1) is 12.5 Å². The third kappa shape index (κ3) is 31.2. The van der Waals surface area contributed by atoms with E-state index < -0.39 is 0 Å². The quantitative estimate of drug-likeness (QED) is 0.303. The molecule has 0 saturated heterocycles. The standard InChI is InChI=1S/2C11H16.C7H14O2.3C2H6.6CH4/c2*1-4-11(2,3)10-8-6-5-7-9-10;1-5-7(2,3)6(8)9-4;3*1-2;;;;;;/h2*5-9H,4H2,1-3H3;5H2,1-4H3;3*1-2H3;6*1H4. The van der Waals surface area contributed by atoms with Gasteiger partial charge in [-0.2, -0.15) is 0 Å². The number of hydrogen-bond donors (Lipinski definition) is 0. The maximum atomic E-state index is 10.8. The highest BCUT2D eigenvalue weighted by Crippen LogP contribution is 2.26. The van der Waals surface area contributed by atoms with Crippen molar-refractivity contribution in [3.63, 3.8) is 0 Å². The Hall–Kier alpha value is -2.09. The first-order chi connectivity index (χ1) is 17.4. The van der Waals surface area contributed by atoms with Crippen molar-refractivity contribution in [3.05, 3.63) is 71.8 Å². The third-order valence-electron chi connectivity index (χ3n) is 6.50. The van der Waals surface area contributed by atoms with E-state index in [1.807, 2.05) is 62.3 Å². The van der Waals surface area contributed by atoms with Gasteiger partial charge in [-0.15, -0.1) is 0 Å². The van der Waals surface area contributed by atoms with Gasteiger partial charge in [-0.25, -0.2) is 0 Å². The Bertz CT molecular complexity index is 677. The average molecular weight is 613 g/mol. The molecule has 0 atom stereocenters. The maximum Gasteiger partial charge on any atom is 0.311 e. The van der Waals surface area contributed by atoms with E-state index in [9.17, 15) is 4.79 Å². The summed E-state index contributed by atoms with van der Waals surface area (Å²) in [7, 11) is 1.42. The van der Waals surface area contributed by atoms with Crippen molar-refractivity contribution in [1.82, 2.24) is 0 Å². The Morgan fingerprint density at radius 3 is 0.884 bits per heavy atom. The van der Waals surface area contributed by atoms with E-state index in [1.54, 1.807) is 0 Å². The topological polar surface area (TPSA) is 26.3 Å². The first-order valence-corrected chi connectivity index (χ1v) is 14.6. The van der Waals surface area contributed by atoms with Gasteiger partial charge in [0.15, 0.2) is 0 Å². The fourth-order valence-electron chi connectivity index (χ4n) is 2.61. The minimum Gasteiger partial charge on any atom is -0.469 e. The van der Waals surface area contributed by atoms with Crippen LogP contribution in [0, 0.1) is 5.41 Å². The van der Waals surface area contributed by atoms with E-state index >= 15 is 0 Å². The van der Waals surface area contributed by atoms with Gasteiger partial charge >= 0.3 is 5.97 Å². The number of carbonyl (C=O) groups excluding carboxylic acids is 1. The van der Waals surface area contributed by atoms with E-state index in [0.717, 1.165) is 6.42 Å². The summed E-state index contributed by atoms with van der Waals surface area (Å²) in [6, 6.07) is 21.3. The zero-order valence-corrected chi connectivity index (χ0v) is 27.7. The molecule has 0 aliphatic heterocycles. The van der Waals surface area contributed by atoms with Crippen LogP contribution in [0.25, 0.3) is 0 Å². The fraction of sp³-hybridized carbons (Fsp3) is 0.683. The molecule has 0 aliphatic carbocycles. The van der Waals surface area contributed by atoms with Crippen LogP contribution < -0.4 is 0 Å². The molecule has 0 heterocycles. The van der Waals surface area contributed by atoms with Crippen LogP contribution in [0.1, 0.15) is 179 Å². The second-order valence-corrected chi connectivity index (χ2v) is 9.94. The summed E-state index contributed by atoms with van der Waals surface area (Å²) in [6.07, 6.45) is 3.20. The van der Waals surface area contributed by atoms with Gasteiger partial charge in [-0.1, -0.05) is 195 Å². The van der Waals surface area contributed by atoms with Gasteiger partial charge in [0.25, 0.3) is 0 Å². The van der Waals surface area contributed by atoms with Crippen molar-refractivity contribution in [2.75, 3.05) is 7.11 Å². The number of methoxy groups -OCH3 is 1. The molecule has 0 bridgehead atoms. The van der Waals surface area contributed by atoms with Crippen molar-refractivity contribution in [3.8, 4) is 0 Å². The zero-order chi connectivity index (χ0) is 30.1. The minimum absolute atomic E-state index is 0.